The van der Waals surface area contributed by atoms with Gasteiger partial charge in [-0.25, -0.2) is 0 Å². The normalized spacial score (nSPS) is 20.2. The highest BCUT2D eigenvalue weighted by Gasteiger charge is 2.30. The fourth-order valence-corrected chi connectivity index (χ4v) is 5.51. The molecule has 7 nitrogen and oxygen atoms in total. The highest BCUT2D eigenvalue weighted by molar-refractivity contribution is 5.86. The van der Waals surface area contributed by atoms with Crippen molar-refractivity contribution in [1.29, 1.82) is 0 Å². The van der Waals surface area contributed by atoms with Gasteiger partial charge in [0.25, 0.3) is 0 Å². The maximum Gasteiger partial charge on any atom is 0.236 e. The van der Waals surface area contributed by atoms with E-state index in [1.807, 2.05) is 0 Å². The molecular formula is C28H34N6O. The highest BCUT2D eigenvalue weighted by Crippen LogP contribution is 2.26. The molecule has 3 fully saturated rings. The van der Waals surface area contributed by atoms with Crippen LogP contribution in [0.4, 0.5) is 5.82 Å². The predicted molar refractivity (Wildman–Crippen MR) is 139 cm³/mol. The van der Waals surface area contributed by atoms with Crippen LogP contribution >= 0.6 is 0 Å². The summed E-state index contributed by atoms with van der Waals surface area (Å²) in [6, 6.07) is 19.7. The number of rotatable bonds is 5. The number of hydrogen-bond acceptors (Lipinski definition) is 6. The van der Waals surface area contributed by atoms with Crippen LogP contribution in [0.2, 0.25) is 0 Å². The van der Waals surface area contributed by atoms with E-state index in [0.717, 1.165) is 75.5 Å². The SMILES string of the molecule is O=C(CN1CCN(c2ccc(-c3ccc4ccccc4c3)nn2)CC1)N1CCN(C2CCC2)CC1. The molecule has 1 aliphatic carbocycles. The number of nitrogens with zero attached hydrogens (tertiary/aromatic N) is 6. The molecule has 2 aromatic carbocycles. The quantitative estimate of drug-likeness (QED) is 0.571. The number of carbonyl (C=O) groups excluding carboxylic acids is 1. The minimum absolute atomic E-state index is 0.284. The first-order valence-corrected chi connectivity index (χ1v) is 13.0. The van der Waals surface area contributed by atoms with E-state index in [1.165, 1.54) is 30.0 Å². The molecule has 0 radical (unpaired) electrons. The van der Waals surface area contributed by atoms with Gasteiger partial charge in [0.1, 0.15) is 0 Å². The van der Waals surface area contributed by atoms with E-state index in [9.17, 15) is 4.79 Å². The Labute approximate surface area is 207 Å². The van der Waals surface area contributed by atoms with Crippen LogP contribution in [0, 0.1) is 0 Å². The van der Waals surface area contributed by atoms with Gasteiger partial charge in [-0.2, -0.15) is 0 Å². The van der Waals surface area contributed by atoms with Crippen LogP contribution in [0.3, 0.4) is 0 Å². The molecule has 6 rings (SSSR count). The topological polar surface area (TPSA) is 55.8 Å². The third kappa shape index (κ3) is 4.88. The summed E-state index contributed by atoms with van der Waals surface area (Å²) in [5.74, 6) is 1.19. The summed E-state index contributed by atoms with van der Waals surface area (Å²) in [6.45, 7) is 7.87. The molecule has 35 heavy (non-hydrogen) atoms. The lowest BCUT2D eigenvalue weighted by Crippen LogP contribution is -2.56. The number of aromatic nitrogens is 2. The summed E-state index contributed by atoms with van der Waals surface area (Å²) >= 11 is 0. The first-order chi connectivity index (χ1) is 17.2. The molecule has 182 valence electrons. The molecule has 7 heteroatoms. The van der Waals surface area contributed by atoms with Gasteiger partial charge in [0.05, 0.1) is 12.2 Å². The molecule has 0 unspecified atom stereocenters. The van der Waals surface area contributed by atoms with Crippen LogP contribution in [0.5, 0.6) is 0 Å². The molecule has 3 aliphatic rings. The zero-order valence-electron chi connectivity index (χ0n) is 20.4. The van der Waals surface area contributed by atoms with Crippen LogP contribution in [0.15, 0.2) is 54.6 Å². The van der Waals surface area contributed by atoms with Crippen molar-refractivity contribution in [2.45, 2.75) is 25.3 Å². The molecule has 2 aliphatic heterocycles. The Morgan fingerprint density at radius 3 is 2.26 bits per heavy atom. The Kier molecular flexibility index (Phi) is 6.35. The zero-order valence-corrected chi connectivity index (χ0v) is 20.4. The minimum atomic E-state index is 0.284. The van der Waals surface area contributed by atoms with E-state index in [4.69, 9.17) is 0 Å². The molecule has 3 heterocycles. The number of piperazine rings is 2. The van der Waals surface area contributed by atoms with Crippen molar-refractivity contribution in [3.63, 3.8) is 0 Å². The van der Waals surface area contributed by atoms with Gasteiger partial charge in [-0.05, 0) is 41.8 Å². The molecule has 0 atom stereocenters. The number of anilines is 1. The number of hydrogen-bond donors (Lipinski definition) is 0. The van der Waals surface area contributed by atoms with Crippen molar-refractivity contribution in [3.8, 4) is 11.3 Å². The van der Waals surface area contributed by atoms with Gasteiger partial charge in [0.2, 0.25) is 5.91 Å². The lowest BCUT2D eigenvalue weighted by Gasteiger charge is -2.43. The molecule has 3 aromatic rings. The molecule has 1 saturated carbocycles. The van der Waals surface area contributed by atoms with E-state index in [0.29, 0.717) is 6.54 Å². The first kappa shape index (κ1) is 22.4. The van der Waals surface area contributed by atoms with Crippen molar-refractivity contribution in [2.24, 2.45) is 0 Å². The summed E-state index contributed by atoms with van der Waals surface area (Å²) in [5.41, 5.74) is 1.97. The maximum atomic E-state index is 12.9. The van der Waals surface area contributed by atoms with Crippen molar-refractivity contribution in [3.05, 3.63) is 54.6 Å². The maximum absolute atomic E-state index is 12.9. The lowest BCUT2D eigenvalue weighted by molar-refractivity contribution is -0.134. The standard InChI is InChI=1S/C28H34N6O/c35-28(34-18-16-32(17-19-34)25-6-3-7-25)21-31-12-14-33(15-13-31)27-11-10-26(29-30-27)24-9-8-22-4-1-2-5-23(22)20-24/h1-2,4-5,8-11,20,25H,3,6-7,12-19,21H2. The molecule has 1 amide bonds. The predicted octanol–water partition coefficient (Wildman–Crippen LogP) is 3.12. The van der Waals surface area contributed by atoms with Gasteiger partial charge < -0.3 is 9.80 Å². The summed E-state index contributed by atoms with van der Waals surface area (Å²) < 4.78 is 0. The van der Waals surface area contributed by atoms with E-state index in [-0.39, 0.29) is 5.91 Å². The third-order valence-electron chi connectivity index (χ3n) is 8.01. The Morgan fingerprint density at radius 1 is 0.800 bits per heavy atom. The largest absolute Gasteiger partial charge is 0.353 e. The molecular weight excluding hydrogens is 436 g/mol. The monoisotopic (exact) mass is 470 g/mol. The fraction of sp³-hybridized carbons (Fsp3) is 0.464. The lowest BCUT2D eigenvalue weighted by atomic mass is 9.91. The average molecular weight is 471 g/mol. The molecule has 1 aromatic heterocycles. The van der Waals surface area contributed by atoms with Crippen molar-refractivity contribution in [2.75, 3.05) is 63.8 Å². The molecule has 0 bridgehead atoms. The van der Waals surface area contributed by atoms with Crippen LogP contribution in [0.25, 0.3) is 22.0 Å². The van der Waals surface area contributed by atoms with Crippen molar-refractivity contribution >= 4 is 22.5 Å². The number of amides is 1. The summed E-state index contributed by atoms with van der Waals surface area (Å²) in [6.07, 6.45) is 4.06. The van der Waals surface area contributed by atoms with E-state index in [1.54, 1.807) is 0 Å². The fourth-order valence-electron chi connectivity index (χ4n) is 5.51. The minimum Gasteiger partial charge on any atom is -0.353 e. The second kappa shape index (κ2) is 9.91. The molecule has 0 spiro atoms. The van der Waals surface area contributed by atoms with E-state index in [2.05, 4.69) is 84.4 Å². The van der Waals surface area contributed by atoms with Gasteiger partial charge in [-0.3, -0.25) is 14.6 Å². The molecule has 0 N–H and O–H groups in total. The summed E-state index contributed by atoms with van der Waals surface area (Å²) in [5, 5.41) is 11.5. The molecule has 2 saturated heterocycles. The van der Waals surface area contributed by atoms with E-state index < -0.39 is 0 Å². The summed E-state index contributed by atoms with van der Waals surface area (Å²) in [7, 11) is 0. The highest BCUT2D eigenvalue weighted by atomic mass is 16.2. The van der Waals surface area contributed by atoms with Gasteiger partial charge in [0.15, 0.2) is 5.82 Å². The Hall–Kier alpha value is -3.03. The third-order valence-corrected chi connectivity index (χ3v) is 8.01. The van der Waals surface area contributed by atoms with E-state index >= 15 is 0 Å². The first-order valence-electron chi connectivity index (χ1n) is 13.0. The second-order valence-electron chi connectivity index (χ2n) is 10.1. The summed E-state index contributed by atoms with van der Waals surface area (Å²) in [4.78, 5) is 22.1. The van der Waals surface area contributed by atoms with Crippen LogP contribution in [-0.4, -0.2) is 95.7 Å². The van der Waals surface area contributed by atoms with Gasteiger partial charge in [-0.15, -0.1) is 10.2 Å². The number of carbonyl (C=O) groups is 1. The van der Waals surface area contributed by atoms with Gasteiger partial charge in [0, 0.05) is 64.0 Å². The number of benzene rings is 2. The van der Waals surface area contributed by atoms with Crippen LogP contribution < -0.4 is 4.90 Å². The van der Waals surface area contributed by atoms with Crippen molar-refractivity contribution < 1.29 is 4.79 Å². The van der Waals surface area contributed by atoms with Crippen molar-refractivity contribution in [1.82, 2.24) is 24.9 Å². The second-order valence-corrected chi connectivity index (χ2v) is 10.1. The van der Waals surface area contributed by atoms with Crippen LogP contribution in [-0.2, 0) is 4.79 Å². The Morgan fingerprint density at radius 2 is 1.57 bits per heavy atom. The van der Waals surface area contributed by atoms with Gasteiger partial charge >= 0.3 is 0 Å². The Bertz CT molecular complexity index is 1160. The Balaban J connectivity index is 0.997. The van der Waals surface area contributed by atoms with Gasteiger partial charge in [-0.1, -0.05) is 42.8 Å². The smallest absolute Gasteiger partial charge is 0.236 e. The average Bonchev–Trinajstić information content (AvgIpc) is 2.88. The number of fused-ring (bicyclic) bond motifs is 1. The van der Waals surface area contributed by atoms with Crippen LogP contribution in [0.1, 0.15) is 19.3 Å². The zero-order chi connectivity index (χ0) is 23.6.